The van der Waals surface area contributed by atoms with Gasteiger partial charge in [-0.15, -0.1) is 0 Å². The molecule has 0 aromatic carbocycles. The summed E-state index contributed by atoms with van der Waals surface area (Å²) in [5.74, 6) is -3.94. The van der Waals surface area contributed by atoms with Gasteiger partial charge in [0.2, 0.25) is 0 Å². The minimum absolute atomic E-state index is 0.00887. The van der Waals surface area contributed by atoms with Gasteiger partial charge in [-0.1, -0.05) is 18.6 Å². The molecule has 0 saturated heterocycles. The fourth-order valence-electron chi connectivity index (χ4n) is 6.04. The molecule has 4 amide bonds. The zero-order chi connectivity index (χ0) is 59.2. The van der Waals surface area contributed by atoms with Crippen LogP contribution in [0.1, 0.15) is 103 Å². The normalized spacial score (nSPS) is 9.90. The second-order valence-corrected chi connectivity index (χ2v) is 15.9. The molecule has 0 N–H and O–H groups in total. The molecular weight excluding hydrogens is 1040 g/mol. The van der Waals surface area contributed by atoms with E-state index < -0.39 is 17.5 Å². The number of esters is 4. The number of carbonyl (C=O) groups is 8. The molecule has 2 aliphatic heterocycles. The molecule has 82 heavy (non-hydrogen) atoms. The highest BCUT2D eigenvalue weighted by atomic mass is 16.6. The first kappa shape index (κ1) is 66.5. The van der Waals surface area contributed by atoms with E-state index in [9.17, 15) is 38.4 Å². The molecule has 404 valence electrons. The summed E-state index contributed by atoms with van der Waals surface area (Å²) in [6, 6.07) is 0. The second-order valence-electron chi connectivity index (χ2n) is 15.9. The standard InChI is InChI=1S/C68H50N2O12/c1-2-3-4-5-6-7-8-9-10-11-12-13-14-15-16-17-18-19-20-21-22-23-24-25-26-27-28-29-30-31-38-47-60(67(77)81-58-45-34-32-43-56-79-65(75)48-39-36-41-54-69-61(71)50-51-62(69)72)68(78)82-59-46-35-33-44-57-80-66(76)49-40-37-42-55-70-63(73)52-53-64(70)74/h50-53H,1,32-37,39-46,48-49,54-59H2. The summed E-state index contributed by atoms with van der Waals surface area (Å²) in [7, 11) is 0. The molecule has 0 unspecified atom stereocenters. The van der Waals surface area contributed by atoms with Crippen molar-refractivity contribution in [1.29, 1.82) is 0 Å². The maximum Gasteiger partial charge on any atom is 0.354 e. The van der Waals surface area contributed by atoms with Crippen LogP contribution in [0.5, 0.6) is 0 Å². The quantitative estimate of drug-likeness (QED) is 0.0106. The second kappa shape index (κ2) is 46.6. The van der Waals surface area contributed by atoms with E-state index in [0.29, 0.717) is 103 Å². The van der Waals surface area contributed by atoms with E-state index in [-0.39, 0.29) is 74.8 Å². The van der Waals surface area contributed by atoms with Gasteiger partial charge in [0.05, 0.1) is 26.4 Å². The molecular formula is C68H50N2O12. The van der Waals surface area contributed by atoms with Crippen LogP contribution in [0.15, 0.2) is 220 Å². The number of unbranched alkanes of at least 4 members (excludes halogenated alkanes) is 10. The van der Waals surface area contributed by atoms with Gasteiger partial charge in [0, 0.05) is 130 Å². The lowest BCUT2D eigenvalue weighted by atomic mass is 10.2. The largest absolute Gasteiger partial charge is 0.466 e. The highest BCUT2D eigenvalue weighted by molar-refractivity contribution is 6.14. The zero-order valence-corrected chi connectivity index (χ0v) is 44.9. The Morgan fingerprint density at radius 1 is 0.317 bits per heavy atom. The summed E-state index contributed by atoms with van der Waals surface area (Å²) >= 11 is 0. The minimum atomic E-state index is -0.982. The number of hydrogen-bond donors (Lipinski definition) is 0. The first-order chi connectivity index (χ1) is 40.1. The first-order valence-corrected chi connectivity index (χ1v) is 25.5. The summed E-state index contributed by atoms with van der Waals surface area (Å²) in [6.45, 7) is 4.39. The van der Waals surface area contributed by atoms with Crippen LogP contribution in [0.4, 0.5) is 0 Å². The molecule has 0 radical (unpaired) electrons. The van der Waals surface area contributed by atoms with Gasteiger partial charge in [0.15, 0.2) is 5.57 Å². The van der Waals surface area contributed by atoms with Gasteiger partial charge in [0.25, 0.3) is 23.6 Å². The highest BCUT2D eigenvalue weighted by Gasteiger charge is 2.24. The van der Waals surface area contributed by atoms with E-state index in [1.807, 2.05) is 0 Å². The monoisotopic (exact) mass is 1090 g/mol. The van der Waals surface area contributed by atoms with Crippen molar-refractivity contribution in [2.24, 2.45) is 0 Å². The molecule has 0 bridgehead atoms. The number of imide groups is 2. The minimum Gasteiger partial charge on any atom is -0.466 e. The molecule has 14 nitrogen and oxygen atoms in total. The van der Waals surface area contributed by atoms with E-state index in [0.717, 1.165) is 0 Å². The maximum absolute atomic E-state index is 13.0. The van der Waals surface area contributed by atoms with E-state index in [1.165, 1.54) is 34.1 Å². The summed E-state index contributed by atoms with van der Waals surface area (Å²) in [5, 5.41) is 0. The van der Waals surface area contributed by atoms with Gasteiger partial charge in [-0.3, -0.25) is 38.6 Å². The van der Waals surface area contributed by atoms with E-state index in [4.69, 9.17) is 18.9 Å². The molecule has 0 atom stereocenters. The van der Waals surface area contributed by atoms with Crippen molar-refractivity contribution >= 4 is 47.5 Å². The molecule has 2 aliphatic rings. The average molecular weight is 1090 g/mol. The SMILES string of the molecule is C=C=C=C=C=C=C=C=C=C=C=C=C=C=C=C=C=C=C=C=C=C=C=C=C=C=C=C=C=C=C=C=C=C(C(=O)OCCCCCCOC(=O)CCCCCN1C(=O)C=CC1=O)C(=O)OCCCCCCOC(=O)CCCCCN1C(=O)C=CC1=O. The average Bonchev–Trinajstić information content (AvgIpc) is 4.09. The predicted molar refractivity (Wildman–Crippen MR) is 291 cm³/mol. The molecule has 2 heterocycles. The number of ether oxygens (including phenoxy) is 4. The van der Waals surface area contributed by atoms with Crippen LogP contribution in [0.2, 0.25) is 0 Å². The number of rotatable bonds is 28. The third-order valence-corrected chi connectivity index (χ3v) is 9.89. The van der Waals surface area contributed by atoms with Crippen molar-refractivity contribution < 1.29 is 57.3 Å². The molecule has 0 aliphatic carbocycles. The van der Waals surface area contributed by atoms with E-state index >= 15 is 0 Å². The lowest BCUT2D eigenvalue weighted by molar-refractivity contribution is -0.148. The van der Waals surface area contributed by atoms with Gasteiger partial charge in [-0.2, -0.15) is 0 Å². The Kier molecular flexibility index (Phi) is 37.8. The van der Waals surface area contributed by atoms with Crippen molar-refractivity contribution in [1.82, 2.24) is 9.80 Å². The van der Waals surface area contributed by atoms with Gasteiger partial charge < -0.3 is 18.9 Å². The molecule has 0 aromatic rings. The Bertz CT molecular complexity index is 3730. The molecule has 0 aromatic heterocycles. The van der Waals surface area contributed by atoms with E-state index in [2.05, 4.69) is 190 Å². The molecule has 0 fully saturated rings. The number of hydrogen-bond acceptors (Lipinski definition) is 12. The lowest BCUT2D eigenvalue weighted by Gasteiger charge is -2.12. The van der Waals surface area contributed by atoms with Crippen LogP contribution >= 0.6 is 0 Å². The molecule has 0 saturated carbocycles. The molecule has 14 heteroatoms. The van der Waals surface area contributed by atoms with Crippen molar-refractivity contribution in [3.05, 3.63) is 220 Å². The van der Waals surface area contributed by atoms with E-state index in [1.54, 1.807) is 0 Å². The third-order valence-electron chi connectivity index (χ3n) is 9.89. The van der Waals surface area contributed by atoms with Crippen LogP contribution in [0, 0.1) is 0 Å². The topological polar surface area (TPSA) is 180 Å². The fraction of sp³-hybridized carbons (Fsp3) is 0.324. The smallest absolute Gasteiger partial charge is 0.354 e. The van der Waals surface area contributed by atoms with Gasteiger partial charge >= 0.3 is 23.9 Å². The Balaban J connectivity index is 2.01. The van der Waals surface area contributed by atoms with Gasteiger partial charge in [-0.05, 0) is 181 Å². The molecule has 0 spiro atoms. The van der Waals surface area contributed by atoms with Gasteiger partial charge in [0.1, 0.15) is 0 Å². The number of nitrogens with zero attached hydrogens (tertiary/aromatic N) is 2. The Morgan fingerprint density at radius 2 is 0.561 bits per heavy atom. The van der Waals surface area contributed by atoms with Crippen molar-refractivity contribution in [3.8, 4) is 0 Å². The first-order valence-electron chi connectivity index (χ1n) is 25.5. The number of carbonyl (C=O) groups excluding carboxylic acids is 8. The Hall–Kier alpha value is -11.7. The van der Waals surface area contributed by atoms with Crippen LogP contribution in [0.3, 0.4) is 0 Å². The highest BCUT2D eigenvalue weighted by Crippen LogP contribution is 2.11. The summed E-state index contributed by atoms with van der Waals surface area (Å²) in [5.41, 5.74) is 78.5. The van der Waals surface area contributed by atoms with Crippen LogP contribution < -0.4 is 0 Å². The zero-order valence-electron chi connectivity index (χ0n) is 44.9. The van der Waals surface area contributed by atoms with Gasteiger partial charge in [-0.25, -0.2) is 9.59 Å². The third kappa shape index (κ3) is 35.6. The summed E-state index contributed by atoms with van der Waals surface area (Å²) in [6.07, 6.45) is 13.9. The summed E-state index contributed by atoms with van der Waals surface area (Å²) < 4.78 is 21.2. The lowest BCUT2D eigenvalue weighted by Crippen LogP contribution is -2.30. The fourth-order valence-corrected chi connectivity index (χ4v) is 6.04. The summed E-state index contributed by atoms with van der Waals surface area (Å²) in [4.78, 5) is 98.9. The Labute approximate surface area is 474 Å². The molecule has 2 rings (SSSR count). The van der Waals surface area contributed by atoms with Crippen LogP contribution in [-0.4, -0.2) is 96.8 Å². The van der Waals surface area contributed by atoms with Crippen molar-refractivity contribution in [3.63, 3.8) is 0 Å². The predicted octanol–water partition coefficient (Wildman–Crippen LogP) is 8.77. The Morgan fingerprint density at radius 3 is 0.841 bits per heavy atom. The van der Waals surface area contributed by atoms with Crippen LogP contribution in [0.25, 0.3) is 0 Å². The maximum atomic E-state index is 13.0. The number of amides is 4. The van der Waals surface area contributed by atoms with Crippen molar-refractivity contribution in [2.45, 2.75) is 103 Å². The van der Waals surface area contributed by atoms with Crippen LogP contribution in [-0.2, 0) is 57.3 Å². The van der Waals surface area contributed by atoms with Crippen molar-refractivity contribution in [2.75, 3.05) is 39.5 Å².